The first-order chi connectivity index (χ1) is 13.2. The van der Waals surface area contributed by atoms with Crippen LogP contribution in [0.25, 0.3) is 11.4 Å². The Morgan fingerprint density at radius 2 is 2.00 bits per heavy atom. The van der Waals surface area contributed by atoms with Gasteiger partial charge in [0.05, 0.1) is 12.3 Å². The highest BCUT2D eigenvalue weighted by atomic mass is 32.2. The monoisotopic (exact) mass is 382 g/mol. The van der Waals surface area contributed by atoms with Gasteiger partial charge in [-0.3, -0.25) is 0 Å². The first-order valence-corrected chi connectivity index (χ1v) is 9.19. The molecule has 4 aromatic rings. The summed E-state index contributed by atoms with van der Waals surface area (Å²) in [4.78, 5) is 4.32. The Bertz CT molecular complexity index is 1050. The van der Waals surface area contributed by atoms with Gasteiger partial charge < -0.3 is 4.52 Å². The maximum atomic E-state index is 13.7. The minimum absolute atomic E-state index is 0.298. The maximum Gasteiger partial charge on any atom is 0.237 e. The molecule has 0 spiro atoms. The standard InChI is InChI=1S/C18H15FN6OS/c1-12-7-8-14(9-15(12)19)17-20-16(26-22-17)11-27-18-21-23-24-25(18)10-13-5-3-2-4-6-13/h2-9H,10-11H2,1H3. The van der Waals surface area contributed by atoms with Gasteiger partial charge in [-0.05, 0) is 34.5 Å². The first-order valence-electron chi connectivity index (χ1n) is 8.21. The summed E-state index contributed by atoms with van der Waals surface area (Å²) in [5.74, 6) is 0.892. The Balaban J connectivity index is 1.44. The Hall–Kier alpha value is -3.07. The normalized spacial score (nSPS) is 11.0. The van der Waals surface area contributed by atoms with Gasteiger partial charge in [0.2, 0.25) is 16.9 Å². The van der Waals surface area contributed by atoms with Crippen LogP contribution in [0.4, 0.5) is 4.39 Å². The van der Waals surface area contributed by atoms with Crippen molar-refractivity contribution in [3.8, 4) is 11.4 Å². The van der Waals surface area contributed by atoms with Gasteiger partial charge >= 0.3 is 0 Å². The lowest BCUT2D eigenvalue weighted by molar-refractivity contribution is 0.391. The number of tetrazole rings is 1. The van der Waals surface area contributed by atoms with Crippen LogP contribution in [0.2, 0.25) is 0 Å². The van der Waals surface area contributed by atoms with Crippen LogP contribution >= 0.6 is 11.8 Å². The SMILES string of the molecule is Cc1ccc(-c2noc(CSc3nnnn3Cc3ccccc3)n2)cc1F. The lowest BCUT2D eigenvalue weighted by Crippen LogP contribution is -2.03. The van der Waals surface area contributed by atoms with E-state index in [4.69, 9.17) is 4.52 Å². The van der Waals surface area contributed by atoms with Crippen molar-refractivity contribution < 1.29 is 8.91 Å². The van der Waals surface area contributed by atoms with E-state index in [1.165, 1.54) is 17.8 Å². The molecule has 0 saturated carbocycles. The van der Waals surface area contributed by atoms with Crippen molar-refractivity contribution in [2.75, 3.05) is 0 Å². The van der Waals surface area contributed by atoms with E-state index in [2.05, 4.69) is 25.7 Å². The molecule has 0 bridgehead atoms. The quantitative estimate of drug-likeness (QED) is 0.472. The summed E-state index contributed by atoms with van der Waals surface area (Å²) in [5.41, 5.74) is 2.25. The van der Waals surface area contributed by atoms with Crippen molar-refractivity contribution in [2.24, 2.45) is 0 Å². The van der Waals surface area contributed by atoms with Crippen LogP contribution in [0.15, 0.2) is 58.2 Å². The number of halogens is 1. The molecule has 136 valence electrons. The second kappa shape index (κ2) is 7.67. The van der Waals surface area contributed by atoms with Crippen LogP contribution in [-0.4, -0.2) is 30.3 Å². The van der Waals surface area contributed by atoms with E-state index < -0.39 is 0 Å². The first kappa shape index (κ1) is 17.3. The molecule has 2 aromatic carbocycles. The average molecular weight is 382 g/mol. The predicted molar refractivity (Wildman–Crippen MR) is 97.4 cm³/mol. The molecule has 0 unspecified atom stereocenters. The third-order valence-electron chi connectivity index (χ3n) is 3.90. The van der Waals surface area contributed by atoms with Gasteiger partial charge in [0, 0.05) is 5.56 Å². The van der Waals surface area contributed by atoms with Crippen molar-refractivity contribution >= 4 is 11.8 Å². The van der Waals surface area contributed by atoms with Gasteiger partial charge in [-0.15, -0.1) is 5.10 Å². The van der Waals surface area contributed by atoms with Crippen molar-refractivity contribution in [3.05, 3.63) is 71.4 Å². The van der Waals surface area contributed by atoms with Crippen molar-refractivity contribution in [1.82, 2.24) is 30.3 Å². The van der Waals surface area contributed by atoms with Gasteiger partial charge in [-0.25, -0.2) is 9.07 Å². The molecule has 0 aliphatic carbocycles. The van der Waals surface area contributed by atoms with E-state index in [9.17, 15) is 4.39 Å². The molecule has 2 aromatic heterocycles. The Morgan fingerprint density at radius 1 is 1.15 bits per heavy atom. The molecular formula is C18H15FN6OS. The molecule has 0 N–H and O–H groups in total. The van der Waals surface area contributed by atoms with Crippen molar-refractivity contribution in [2.45, 2.75) is 24.4 Å². The Morgan fingerprint density at radius 3 is 2.81 bits per heavy atom. The number of hydrogen-bond acceptors (Lipinski definition) is 7. The largest absolute Gasteiger partial charge is 0.338 e. The Kier molecular flexibility index (Phi) is 4.93. The highest BCUT2D eigenvalue weighted by molar-refractivity contribution is 7.98. The van der Waals surface area contributed by atoms with Gasteiger partial charge in [-0.1, -0.05) is 59.4 Å². The number of aromatic nitrogens is 6. The third-order valence-corrected chi connectivity index (χ3v) is 4.84. The minimum atomic E-state index is -0.298. The number of hydrogen-bond donors (Lipinski definition) is 0. The van der Waals surface area contributed by atoms with Crippen LogP contribution in [0.1, 0.15) is 17.0 Å². The zero-order valence-corrected chi connectivity index (χ0v) is 15.2. The summed E-state index contributed by atoms with van der Waals surface area (Å²) in [7, 11) is 0. The molecule has 0 aliphatic heterocycles. The molecule has 0 atom stereocenters. The topological polar surface area (TPSA) is 82.5 Å². The maximum absolute atomic E-state index is 13.7. The third kappa shape index (κ3) is 4.03. The second-order valence-electron chi connectivity index (χ2n) is 5.87. The fraction of sp³-hybridized carbons (Fsp3) is 0.167. The summed E-state index contributed by atoms with van der Waals surface area (Å²) in [6, 6.07) is 14.8. The van der Waals surface area contributed by atoms with Gasteiger partial charge in [-0.2, -0.15) is 4.98 Å². The second-order valence-corrected chi connectivity index (χ2v) is 6.81. The van der Waals surface area contributed by atoms with E-state index >= 15 is 0 Å². The number of aryl methyl sites for hydroxylation is 1. The number of nitrogens with zero attached hydrogens (tertiary/aromatic N) is 6. The molecule has 7 nitrogen and oxygen atoms in total. The van der Waals surface area contributed by atoms with Crippen LogP contribution < -0.4 is 0 Å². The highest BCUT2D eigenvalue weighted by Gasteiger charge is 2.13. The summed E-state index contributed by atoms with van der Waals surface area (Å²) < 4.78 is 20.7. The van der Waals surface area contributed by atoms with Crippen molar-refractivity contribution in [1.29, 1.82) is 0 Å². The molecule has 0 amide bonds. The van der Waals surface area contributed by atoms with E-state index in [1.807, 2.05) is 30.3 Å². The molecule has 27 heavy (non-hydrogen) atoms. The zero-order chi connectivity index (χ0) is 18.6. The summed E-state index contributed by atoms with van der Waals surface area (Å²) in [5, 5.41) is 16.4. The van der Waals surface area contributed by atoms with E-state index in [0.29, 0.717) is 40.3 Å². The van der Waals surface area contributed by atoms with E-state index in [0.717, 1.165) is 5.56 Å². The number of benzene rings is 2. The van der Waals surface area contributed by atoms with Crippen LogP contribution in [-0.2, 0) is 12.3 Å². The smallest absolute Gasteiger partial charge is 0.237 e. The van der Waals surface area contributed by atoms with Gasteiger partial charge in [0.15, 0.2) is 0 Å². The molecule has 9 heteroatoms. The minimum Gasteiger partial charge on any atom is -0.338 e. The van der Waals surface area contributed by atoms with Crippen LogP contribution in [0, 0.1) is 12.7 Å². The Labute approximate surface area is 158 Å². The highest BCUT2D eigenvalue weighted by Crippen LogP contribution is 2.23. The number of rotatable bonds is 6. The summed E-state index contributed by atoms with van der Waals surface area (Å²) in [6.45, 7) is 2.28. The fourth-order valence-electron chi connectivity index (χ4n) is 2.44. The molecule has 0 fully saturated rings. The molecule has 0 radical (unpaired) electrons. The molecule has 0 aliphatic rings. The van der Waals surface area contributed by atoms with E-state index in [-0.39, 0.29) is 5.82 Å². The van der Waals surface area contributed by atoms with Gasteiger partial charge in [0.1, 0.15) is 5.82 Å². The van der Waals surface area contributed by atoms with Gasteiger partial charge in [0.25, 0.3) is 0 Å². The molecular weight excluding hydrogens is 367 g/mol. The fourth-order valence-corrected chi connectivity index (χ4v) is 3.16. The molecule has 0 saturated heterocycles. The van der Waals surface area contributed by atoms with Crippen LogP contribution in [0.3, 0.4) is 0 Å². The van der Waals surface area contributed by atoms with Crippen molar-refractivity contribution in [3.63, 3.8) is 0 Å². The summed E-state index contributed by atoms with van der Waals surface area (Å²) >= 11 is 1.40. The summed E-state index contributed by atoms with van der Waals surface area (Å²) in [6.07, 6.45) is 0. The average Bonchev–Trinajstić information content (AvgIpc) is 3.32. The lowest BCUT2D eigenvalue weighted by atomic mass is 10.1. The lowest BCUT2D eigenvalue weighted by Gasteiger charge is -2.03. The van der Waals surface area contributed by atoms with Crippen LogP contribution in [0.5, 0.6) is 0 Å². The predicted octanol–water partition coefficient (Wildman–Crippen LogP) is 3.51. The molecule has 2 heterocycles. The zero-order valence-electron chi connectivity index (χ0n) is 14.4. The molecule has 4 rings (SSSR count). The van der Waals surface area contributed by atoms with E-state index in [1.54, 1.807) is 23.7 Å². The number of thioether (sulfide) groups is 1.